The van der Waals surface area contributed by atoms with Gasteiger partial charge < -0.3 is 19.7 Å². The Morgan fingerprint density at radius 3 is 2.21 bits per heavy atom. The van der Waals surface area contributed by atoms with Crippen molar-refractivity contribution in [2.75, 3.05) is 60.2 Å². The minimum absolute atomic E-state index is 0.743. The minimum atomic E-state index is 0.743. The lowest BCUT2D eigenvalue weighted by atomic mass is 10.2. The second-order valence-corrected chi connectivity index (χ2v) is 5.49. The largest absolute Gasteiger partial charge is 0.385 e. The number of hydrogen-bond acceptors (Lipinski definition) is 4. The van der Waals surface area contributed by atoms with Gasteiger partial charge in [0.25, 0.3) is 0 Å². The molecule has 19 heavy (non-hydrogen) atoms. The van der Waals surface area contributed by atoms with Crippen LogP contribution in [0.4, 0.5) is 0 Å². The molecule has 0 saturated carbocycles. The molecule has 116 valence electrons. The second-order valence-electron chi connectivity index (χ2n) is 5.49. The molecule has 0 amide bonds. The summed E-state index contributed by atoms with van der Waals surface area (Å²) in [5.41, 5.74) is 0. The van der Waals surface area contributed by atoms with Gasteiger partial charge in [0.15, 0.2) is 0 Å². The first-order chi connectivity index (χ1) is 9.20. The molecule has 0 atom stereocenters. The number of nitrogens with zero attached hydrogens (tertiary/aromatic N) is 1. The normalized spacial score (nSPS) is 11.7. The highest BCUT2D eigenvalue weighted by Gasteiger charge is 2.04. The number of methoxy groups -OCH3 is 2. The molecule has 4 nitrogen and oxygen atoms in total. The molecule has 0 spiro atoms. The topological polar surface area (TPSA) is 33.7 Å². The summed E-state index contributed by atoms with van der Waals surface area (Å²) in [6, 6.07) is 0. The molecule has 0 radical (unpaired) electrons. The summed E-state index contributed by atoms with van der Waals surface area (Å²) in [5.74, 6) is 0.743. The number of rotatable bonds is 14. The standard InChI is InChI=1S/C15H34N2O2/c1-15(2)14-16-8-5-6-9-17(11-13-19-4)10-7-12-18-3/h15-16H,5-14H2,1-4H3. The summed E-state index contributed by atoms with van der Waals surface area (Å²) in [6.07, 6.45) is 3.61. The Bertz CT molecular complexity index is 178. The monoisotopic (exact) mass is 274 g/mol. The Morgan fingerprint density at radius 2 is 1.58 bits per heavy atom. The van der Waals surface area contributed by atoms with Crippen LogP contribution in [0.1, 0.15) is 33.1 Å². The molecule has 0 fully saturated rings. The average Bonchev–Trinajstić information content (AvgIpc) is 2.39. The van der Waals surface area contributed by atoms with Crippen molar-refractivity contribution in [1.82, 2.24) is 10.2 Å². The van der Waals surface area contributed by atoms with Gasteiger partial charge in [-0.15, -0.1) is 0 Å². The van der Waals surface area contributed by atoms with E-state index in [4.69, 9.17) is 9.47 Å². The highest BCUT2D eigenvalue weighted by Crippen LogP contribution is 1.98. The van der Waals surface area contributed by atoms with E-state index in [0.717, 1.165) is 58.3 Å². The fraction of sp³-hybridized carbons (Fsp3) is 1.00. The van der Waals surface area contributed by atoms with Crippen LogP contribution in [0, 0.1) is 5.92 Å². The number of unbranched alkanes of at least 4 members (excludes halogenated alkanes) is 1. The number of ether oxygens (including phenoxy) is 2. The molecule has 0 aliphatic carbocycles. The maximum atomic E-state index is 5.16. The molecule has 0 heterocycles. The van der Waals surface area contributed by atoms with Gasteiger partial charge in [-0.1, -0.05) is 13.8 Å². The summed E-state index contributed by atoms with van der Waals surface area (Å²) in [5, 5.41) is 3.49. The van der Waals surface area contributed by atoms with Crippen molar-refractivity contribution in [1.29, 1.82) is 0 Å². The first-order valence-corrected chi connectivity index (χ1v) is 7.61. The third-order valence-corrected chi connectivity index (χ3v) is 3.06. The second kappa shape index (κ2) is 14.3. The van der Waals surface area contributed by atoms with Crippen LogP contribution in [0.15, 0.2) is 0 Å². The van der Waals surface area contributed by atoms with Gasteiger partial charge in [0, 0.05) is 33.9 Å². The quantitative estimate of drug-likeness (QED) is 0.491. The molecule has 0 aromatic rings. The van der Waals surface area contributed by atoms with Crippen LogP contribution < -0.4 is 5.32 Å². The molecule has 0 saturated heterocycles. The highest BCUT2D eigenvalue weighted by atomic mass is 16.5. The zero-order chi connectivity index (χ0) is 14.3. The Balaban J connectivity index is 3.54. The molecule has 0 bridgehead atoms. The van der Waals surface area contributed by atoms with E-state index in [-0.39, 0.29) is 0 Å². The van der Waals surface area contributed by atoms with Crippen molar-refractivity contribution in [2.24, 2.45) is 5.92 Å². The van der Waals surface area contributed by atoms with Gasteiger partial charge in [-0.05, 0) is 44.8 Å². The highest BCUT2D eigenvalue weighted by molar-refractivity contribution is 4.59. The molecule has 0 rings (SSSR count). The Hall–Kier alpha value is -0.160. The number of hydrogen-bond donors (Lipinski definition) is 1. The zero-order valence-corrected chi connectivity index (χ0v) is 13.4. The van der Waals surface area contributed by atoms with Crippen LogP contribution >= 0.6 is 0 Å². The van der Waals surface area contributed by atoms with Crippen LogP contribution in [-0.4, -0.2) is 65.1 Å². The van der Waals surface area contributed by atoms with Crippen molar-refractivity contribution in [3.63, 3.8) is 0 Å². The van der Waals surface area contributed by atoms with Gasteiger partial charge in [0.1, 0.15) is 0 Å². The van der Waals surface area contributed by atoms with Crippen LogP contribution in [0.5, 0.6) is 0 Å². The zero-order valence-electron chi connectivity index (χ0n) is 13.4. The van der Waals surface area contributed by atoms with Crippen LogP contribution in [0.3, 0.4) is 0 Å². The molecule has 0 aromatic carbocycles. The minimum Gasteiger partial charge on any atom is -0.385 e. The van der Waals surface area contributed by atoms with Crippen LogP contribution in [-0.2, 0) is 9.47 Å². The first kappa shape index (κ1) is 18.8. The Kier molecular flexibility index (Phi) is 14.1. The van der Waals surface area contributed by atoms with Gasteiger partial charge in [-0.2, -0.15) is 0 Å². The Morgan fingerprint density at radius 1 is 0.895 bits per heavy atom. The molecule has 0 aliphatic rings. The smallest absolute Gasteiger partial charge is 0.0589 e. The third kappa shape index (κ3) is 14.1. The molecule has 0 unspecified atom stereocenters. The fourth-order valence-corrected chi connectivity index (χ4v) is 1.96. The fourth-order valence-electron chi connectivity index (χ4n) is 1.96. The lowest BCUT2D eigenvalue weighted by Gasteiger charge is -2.21. The van der Waals surface area contributed by atoms with E-state index in [0.29, 0.717) is 0 Å². The number of nitrogens with one attached hydrogen (secondary N) is 1. The SMILES string of the molecule is COCCCN(CCCCNCC(C)C)CCOC. The predicted octanol–water partition coefficient (Wildman–Crippen LogP) is 2.00. The predicted molar refractivity (Wildman–Crippen MR) is 81.8 cm³/mol. The van der Waals surface area contributed by atoms with Crippen molar-refractivity contribution in [3.8, 4) is 0 Å². The molecule has 0 aliphatic heterocycles. The maximum Gasteiger partial charge on any atom is 0.0589 e. The Labute approximate surface area is 119 Å². The lowest BCUT2D eigenvalue weighted by molar-refractivity contribution is 0.131. The lowest BCUT2D eigenvalue weighted by Crippen LogP contribution is -2.31. The van der Waals surface area contributed by atoms with Crippen LogP contribution in [0.2, 0.25) is 0 Å². The van der Waals surface area contributed by atoms with Gasteiger partial charge >= 0.3 is 0 Å². The molecular weight excluding hydrogens is 240 g/mol. The average molecular weight is 274 g/mol. The molecular formula is C15H34N2O2. The van der Waals surface area contributed by atoms with E-state index in [1.54, 1.807) is 14.2 Å². The van der Waals surface area contributed by atoms with Gasteiger partial charge in [-0.3, -0.25) is 0 Å². The van der Waals surface area contributed by atoms with Gasteiger partial charge in [0.2, 0.25) is 0 Å². The summed E-state index contributed by atoms with van der Waals surface area (Å²) < 4.78 is 10.3. The molecule has 1 N–H and O–H groups in total. The first-order valence-electron chi connectivity index (χ1n) is 7.61. The summed E-state index contributed by atoms with van der Waals surface area (Å²) in [6.45, 7) is 11.7. The van der Waals surface area contributed by atoms with E-state index in [2.05, 4.69) is 24.1 Å². The van der Waals surface area contributed by atoms with E-state index >= 15 is 0 Å². The summed E-state index contributed by atoms with van der Waals surface area (Å²) >= 11 is 0. The third-order valence-electron chi connectivity index (χ3n) is 3.06. The van der Waals surface area contributed by atoms with E-state index in [1.165, 1.54) is 12.8 Å². The summed E-state index contributed by atoms with van der Waals surface area (Å²) in [4.78, 5) is 2.48. The van der Waals surface area contributed by atoms with Crippen molar-refractivity contribution in [3.05, 3.63) is 0 Å². The van der Waals surface area contributed by atoms with Crippen molar-refractivity contribution >= 4 is 0 Å². The van der Waals surface area contributed by atoms with Crippen molar-refractivity contribution < 1.29 is 9.47 Å². The van der Waals surface area contributed by atoms with E-state index < -0.39 is 0 Å². The maximum absolute atomic E-state index is 5.16. The molecule has 0 aromatic heterocycles. The van der Waals surface area contributed by atoms with E-state index in [9.17, 15) is 0 Å². The van der Waals surface area contributed by atoms with E-state index in [1.807, 2.05) is 0 Å². The van der Waals surface area contributed by atoms with Gasteiger partial charge in [-0.25, -0.2) is 0 Å². The molecule has 4 heteroatoms. The van der Waals surface area contributed by atoms with Crippen LogP contribution in [0.25, 0.3) is 0 Å². The van der Waals surface area contributed by atoms with Gasteiger partial charge in [0.05, 0.1) is 6.61 Å². The summed E-state index contributed by atoms with van der Waals surface area (Å²) in [7, 11) is 3.53. The van der Waals surface area contributed by atoms with Crippen molar-refractivity contribution in [2.45, 2.75) is 33.1 Å².